The first-order chi connectivity index (χ1) is 13.5. The minimum absolute atomic E-state index is 0.161. The predicted molar refractivity (Wildman–Crippen MR) is 113 cm³/mol. The molecule has 3 rings (SSSR count). The number of likely N-dealkylation sites (N-methyl/N-ethyl adjacent to an activating group) is 1. The van der Waals surface area contributed by atoms with Crippen molar-refractivity contribution in [1.82, 2.24) is 14.5 Å². The van der Waals surface area contributed by atoms with E-state index >= 15 is 0 Å². The van der Waals surface area contributed by atoms with Crippen molar-refractivity contribution in [3.63, 3.8) is 0 Å². The first-order valence-electron chi connectivity index (χ1n) is 9.70. The van der Waals surface area contributed by atoms with Crippen LogP contribution in [0, 0.1) is 6.92 Å². The third-order valence-electron chi connectivity index (χ3n) is 5.03. The van der Waals surface area contributed by atoms with Crippen LogP contribution in [0.4, 0.5) is 5.95 Å². The molecule has 1 N–H and O–H groups in total. The summed E-state index contributed by atoms with van der Waals surface area (Å²) in [6, 6.07) is 13.3. The van der Waals surface area contributed by atoms with E-state index in [0.717, 1.165) is 48.5 Å². The van der Waals surface area contributed by atoms with E-state index in [9.17, 15) is 4.79 Å². The number of amides is 1. The third kappa shape index (κ3) is 4.34. The molecule has 0 spiro atoms. The normalized spacial score (nSPS) is 11.2. The van der Waals surface area contributed by atoms with Gasteiger partial charge in [-0.1, -0.05) is 31.5 Å². The molecule has 3 aromatic rings. The fourth-order valence-electron chi connectivity index (χ4n) is 3.21. The molecule has 1 amide bonds. The second-order valence-corrected chi connectivity index (χ2v) is 6.79. The summed E-state index contributed by atoms with van der Waals surface area (Å²) in [5.41, 5.74) is 3.52. The number of nitrogens with zero attached hydrogens (tertiary/aromatic N) is 3. The van der Waals surface area contributed by atoms with Gasteiger partial charge in [-0.25, -0.2) is 4.98 Å². The quantitative estimate of drug-likeness (QED) is 0.643. The molecular weight excluding hydrogens is 352 g/mol. The molecule has 6 nitrogen and oxygen atoms in total. The first-order valence-corrected chi connectivity index (χ1v) is 9.70. The average Bonchev–Trinajstić information content (AvgIpc) is 3.05. The number of carbonyl (C=O) groups excluding carboxylic acids is 1. The molecule has 0 bridgehead atoms. The highest BCUT2D eigenvalue weighted by Crippen LogP contribution is 2.25. The molecule has 0 radical (unpaired) electrons. The molecule has 0 fully saturated rings. The lowest BCUT2D eigenvalue weighted by atomic mass is 10.1. The van der Waals surface area contributed by atoms with Crippen LogP contribution in [-0.4, -0.2) is 47.1 Å². The molecule has 2 aromatic carbocycles. The standard InChI is InChI=1S/C22H28N4O2/c1-5-25(6-2)13-14-26-20-15-18(28-4)11-12-19(20)23-22(26)24-21(27)17-9-7-16(3)8-10-17/h7-12,15H,5-6,13-14H2,1-4H3,(H,23,24,27). The van der Waals surface area contributed by atoms with E-state index in [4.69, 9.17) is 4.74 Å². The lowest BCUT2D eigenvalue weighted by Gasteiger charge is -2.19. The van der Waals surface area contributed by atoms with Crippen LogP contribution < -0.4 is 10.1 Å². The zero-order chi connectivity index (χ0) is 20.1. The van der Waals surface area contributed by atoms with Gasteiger partial charge in [0.2, 0.25) is 5.95 Å². The summed E-state index contributed by atoms with van der Waals surface area (Å²) in [6.45, 7) is 9.88. The number of aryl methyl sites for hydroxylation is 1. The van der Waals surface area contributed by atoms with E-state index in [1.807, 2.05) is 49.4 Å². The summed E-state index contributed by atoms with van der Waals surface area (Å²) in [4.78, 5) is 19.7. The van der Waals surface area contributed by atoms with Crippen LogP contribution in [0.5, 0.6) is 5.75 Å². The van der Waals surface area contributed by atoms with Crippen LogP contribution in [0.3, 0.4) is 0 Å². The number of methoxy groups -OCH3 is 1. The van der Waals surface area contributed by atoms with Gasteiger partial charge in [0.15, 0.2) is 0 Å². The number of hydrogen-bond donors (Lipinski definition) is 1. The molecule has 0 unspecified atom stereocenters. The molecule has 148 valence electrons. The summed E-state index contributed by atoms with van der Waals surface area (Å²) >= 11 is 0. The van der Waals surface area contributed by atoms with Gasteiger partial charge in [0, 0.05) is 24.7 Å². The Labute approximate surface area is 166 Å². The van der Waals surface area contributed by atoms with E-state index in [2.05, 4.69) is 33.6 Å². The highest BCUT2D eigenvalue weighted by molar-refractivity contribution is 6.04. The van der Waals surface area contributed by atoms with Gasteiger partial charge in [-0.2, -0.15) is 0 Å². The smallest absolute Gasteiger partial charge is 0.257 e. The topological polar surface area (TPSA) is 59.4 Å². The Bertz CT molecular complexity index is 943. The maximum atomic E-state index is 12.7. The predicted octanol–water partition coefficient (Wildman–Crippen LogP) is 3.95. The lowest BCUT2D eigenvalue weighted by molar-refractivity contribution is 0.102. The molecule has 0 aliphatic heterocycles. The minimum Gasteiger partial charge on any atom is -0.497 e. The Kier molecular flexibility index (Phi) is 6.31. The van der Waals surface area contributed by atoms with Crippen LogP contribution >= 0.6 is 0 Å². The van der Waals surface area contributed by atoms with Crippen molar-refractivity contribution < 1.29 is 9.53 Å². The number of carbonyl (C=O) groups is 1. The highest BCUT2D eigenvalue weighted by atomic mass is 16.5. The van der Waals surface area contributed by atoms with E-state index in [-0.39, 0.29) is 5.91 Å². The Hall–Kier alpha value is -2.86. The second-order valence-electron chi connectivity index (χ2n) is 6.79. The molecule has 1 heterocycles. The minimum atomic E-state index is -0.161. The molecule has 0 saturated heterocycles. The lowest BCUT2D eigenvalue weighted by Crippen LogP contribution is -2.27. The molecule has 6 heteroatoms. The molecule has 28 heavy (non-hydrogen) atoms. The highest BCUT2D eigenvalue weighted by Gasteiger charge is 2.16. The number of aromatic nitrogens is 2. The Morgan fingerprint density at radius 2 is 1.86 bits per heavy atom. The summed E-state index contributed by atoms with van der Waals surface area (Å²) in [5, 5.41) is 2.99. The number of hydrogen-bond acceptors (Lipinski definition) is 4. The van der Waals surface area contributed by atoms with Crippen molar-refractivity contribution >= 4 is 22.9 Å². The zero-order valence-corrected chi connectivity index (χ0v) is 17.0. The number of fused-ring (bicyclic) bond motifs is 1. The van der Waals surface area contributed by atoms with Crippen molar-refractivity contribution in [3.8, 4) is 5.75 Å². The van der Waals surface area contributed by atoms with Crippen LogP contribution in [0.2, 0.25) is 0 Å². The van der Waals surface area contributed by atoms with Crippen molar-refractivity contribution in [1.29, 1.82) is 0 Å². The Morgan fingerprint density at radius 3 is 2.50 bits per heavy atom. The summed E-state index contributed by atoms with van der Waals surface area (Å²) in [5.74, 6) is 1.17. The fourth-order valence-corrected chi connectivity index (χ4v) is 3.21. The van der Waals surface area contributed by atoms with Gasteiger partial charge in [0.1, 0.15) is 5.75 Å². The van der Waals surface area contributed by atoms with Crippen molar-refractivity contribution in [3.05, 3.63) is 53.6 Å². The van der Waals surface area contributed by atoms with Crippen LogP contribution in [-0.2, 0) is 6.54 Å². The van der Waals surface area contributed by atoms with Gasteiger partial charge in [0.05, 0.1) is 18.1 Å². The summed E-state index contributed by atoms with van der Waals surface area (Å²) in [7, 11) is 1.65. The van der Waals surface area contributed by atoms with Gasteiger partial charge in [-0.3, -0.25) is 10.1 Å². The van der Waals surface area contributed by atoms with Crippen molar-refractivity contribution in [2.24, 2.45) is 0 Å². The zero-order valence-electron chi connectivity index (χ0n) is 17.0. The van der Waals surface area contributed by atoms with Gasteiger partial charge < -0.3 is 14.2 Å². The first kappa shape index (κ1) is 19.9. The Morgan fingerprint density at radius 1 is 1.14 bits per heavy atom. The summed E-state index contributed by atoms with van der Waals surface area (Å²) in [6.07, 6.45) is 0. The van der Waals surface area contributed by atoms with E-state index < -0.39 is 0 Å². The number of ether oxygens (including phenoxy) is 1. The SMILES string of the molecule is CCN(CC)CCn1c(NC(=O)c2ccc(C)cc2)nc2ccc(OC)cc21. The van der Waals surface area contributed by atoms with Gasteiger partial charge >= 0.3 is 0 Å². The molecule has 0 saturated carbocycles. The number of anilines is 1. The Balaban J connectivity index is 1.93. The van der Waals surface area contributed by atoms with Gasteiger partial charge in [0.25, 0.3) is 5.91 Å². The largest absolute Gasteiger partial charge is 0.497 e. The van der Waals surface area contributed by atoms with Crippen LogP contribution in [0.15, 0.2) is 42.5 Å². The second kappa shape index (κ2) is 8.89. The van der Waals surface area contributed by atoms with E-state index in [0.29, 0.717) is 11.5 Å². The number of benzene rings is 2. The maximum Gasteiger partial charge on any atom is 0.257 e. The fraction of sp³-hybridized carbons (Fsp3) is 0.364. The van der Waals surface area contributed by atoms with Gasteiger partial charge in [-0.05, 0) is 44.3 Å². The molecule has 0 atom stereocenters. The van der Waals surface area contributed by atoms with Crippen molar-refractivity contribution in [2.45, 2.75) is 27.3 Å². The van der Waals surface area contributed by atoms with E-state index in [1.165, 1.54) is 0 Å². The number of imidazole rings is 1. The van der Waals surface area contributed by atoms with E-state index in [1.54, 1.807) is 7.11 Å². The van der Waals surface area contributed by atoms with Crippen molar-refractivity contribution in [2.75, 3.05) is 32.1 Å². The maximum absolute atomic E-state index is 12.7. The molecule has 1 aromatic heterocycles. The number of rotatable bonds is 8. The number of nitrogens with one attached hydrogen (secondary N) is 1. The van der Waals surface area contributed by atoms with Crippen LogP contribution in [0.25, 0.3) is 11.0 Å². The molecule has 0 aliphatic carbocycles. The molecule has 0 aliphatic rings. The summed E-state index contributed by atoms with van der Waals surface area (Å²) < 4.78 is 7.44. The van der Waals surface area contributed by atoms with Gasteiger partial charge in [-0.15, -0.1) is 0 Å². The average molecular weight is 380 g/mol. The van der Waals surface area contributed by atoms with Crippen LogP contribution in [0.1, 0.15) is 29.8 Å². The third-order valence-corrected chi connectivity index (χ3v) is 5.03. The monoisotopic (exact) mass is 380 g/mol. The molecular formula is C22H28N4O2.